The van der Waals surface area contributed by atoms with Crippen molar-refractivity contribution in [2.45, 2.75) is 6.92 Å². The summed E-state index contributed by atoms with van der Waals surface area (Å²) < 4.78 is 0. The van der Waals surface area contributed by atoms with Gasteiger partial charge in [-0.15, -0.1) is 10.2 Å². The monoisotopic (exact) mass is 312 g/mol. The summed E-state index contributed by atoms with van der Waals surface area (Å²) >= 11 is 1.40. The molecule has 1 N–H and O–H groups in total. The van der Waals surface area contributed by atoms with Crippen LogP contribution in [-0.4, -0.2) is 15.1 Å². The summed E-state index contributed by atoms with van der Waals surface area (Å²) in [5, 5.41) is 23.5. The second-order valence-corrected chi connectivity index (χ2v) is 5.69. The number of rotatable bonds is 4. The van der Waals surface area contributed by atoms with E-state index >= 15 is 0 Å². The van der Waals surface area contributed by atoms with Gasteiger partial charge in [-0.05, 0) is 19.1 Å². The Hall–Kier alpha value is -2.80. The fraction of sp³-hybridized carbons (Fsp3) is 0.0667. The van der Waals surface area contributed by atoms with Crippen LogP contribution in [0.15, 0.2) is 48.5 Å². The highest BCUT2D eigenvalue weighted by molar-refractivity contribution is 7.18. The van der Waals surface area contributed by atoms with Gasteiger partial charge in [-0.25, -0.2) is 0 Å². The second-order valence-electron chi connectivity index (χ2n) is 4.71. The maximum absolute atomic E-state index is 10.8. The minimum Gasteiger partial charge on any atom is -0.330 e. The fourth-order valence-electron chi connectivity index (χ4n) is 1.99. The Balaban J connectivity index is 1.83. The third-order valence-corrected chi connectivity index (χ3v) is 3.89. The summed E-state index contributed by atoms with van der Waals surface area (Å²) in [4.78, 5) is 10.4. The first-order valence-electron chi connectivity index (χ1n) is 6.54. The molecule has 0 aliphatic rings. The van der Waals surface area contributed by atoms with Crippen LogP contribution in [-0.2, 0) is 0 Å². The summed E-state index contributed by atoms with van der Waals surface area (Å²) in [6.45, 7) is 2.02. The lowest BCUT2D eigenvalue weighted by Gasteiger charge is -2.01. The van der Waals surface area contributed by atoms with Crippen LogP contribution < -0.4 is 5.32 Å². The lowest BCUT2D eigenvalue weighted by Crippen LogP contribution is -1.92. The number of hydrogen-bond donors (Lipinski definition) is 1. The van der Waals surface area contributed by atoms with E-state index < -0.39 is 4.92 Å². The number of hydrogen-bond acceptors (Lipinski definition) is 6. The predicted octanol–water partition coefficient (Wildman–Crippen LogP) is 4.17. The molecule has 22 heavy (non-hydrogen) atoms. The standard InChI is InChI=1S/C15H12N4O2S/c1-10-4-2-5-11(8-10)14-17-18-15(22-14)16-12-6-3-7-13(9-12)19(20)21/h2-9H,1H3,(H,16,18). The highest BCUT2D eigenvalue weighted by Gasteiger charge is 2.09. The van der Waals surface area contributed by atoms with Crippen molar-refractivity contribution in [1.82, 2.24) is 10.2 Å². The molecule has 0 amide bonds. The first-order valence-corrected chi connectivity index (χ1v) is 7.35. The Bertz CT molecular complexity index is 832. The molecule has 7 heteroatoms. The van der Waals surface area contributed by atoms with E-state index in [0.29, 0.717) is 10.8 Å². The average Bonchev–Trinajstić information content (AvgIpc) is 2.96. The summed E-state index contributed by atoms with van der Waals surface area (Å²) in [5.41, 5.74) is 2.81. The van der Waals surface area contributed by atoms with E-state index in [2.05, 4.69) is 15.5 Å². The molecule has 110 valence electrons. The molecule has 1 heterocycles. The van der Waals surface area contributed by atoms with Crippen LogP contribution in [0.5, 0.6) is 0 Å². The second kappa shape index (κ2) is 5.90. The molecular weight excluding hydrogens is 300 g/mol. The number of nitro groups is 1. The van der Waals surface area contributed by atoms with Gasteiger partial charge in [0.15, 0.2) is 0 Å². The lowest BCUT2D eigenvalue weighted by atomic mass is 10.1. The Morgan fingerprint density at radius 1 is 1.14 bits per heavy atom. The number of benzene rings is 2. The summed E-state index contributed by atoms with van der Waals surface area (Å²) in [7, 11) is 0. The lowest BCUT2D eigenvalue weighted by molar-refractivity contribution is -0.384. The number of nitro benzene ring substituents is 1. The maximum Gasteiger partial charge on any atom is 0.271 e. The van der Waals surface area contributed by atoms with Gasteiger partial charge in [-0.2, -0.15) is 0 Å². The number of aryl methyl sites for hydroxylation is 1. The van der Waals surface area contributed by atoms with Crippen LogP contribution in [0.1, 0.15) is 5.56 Å². The molecule has 0 saturated heterocycles. The van der Waals surface area contributed by atoms with Gasteiger partial charge < -0.3 is 5.32 Å². The summed E-state index contributed by atoms with van der Waals surface area (Å²) in [6.07, 6.45) is 0. The SMILES string of the molecule is Cc1cccc(-c2nnc(Nc3cccc([N+](=O)[O-])c3)s2)c1. The minimum atomic E-state index is -0.427. The topological polar surface area (TPSA) is 81.0 Å². The van der Waals surface area contributed by atoms with Gasteiger partial charge >= 0.3 is 0 Å². The third kappa shape index (κ3) is 3.09. The maximum atomic E-state index is 10.8. The predicted molar refractivity (Wildman–Crippen MR) is 86.5 cm³/mol. The van der Waals surface area contributed by atoms with Crippen molar-refractivity contribution in [1.29, 1.82) is 0 Å². The van der Waals surface area contributed by atoms with Gasteiger partial charge in [-0.3, -0.25) is 10.1 Å². The zero-order valence-electron chi connectivity index (χ0n) is 11.7. The van der Waals surface area contributed by atoms with Gasteiger partial charge in [0, 0.05) is 23.4 Å². The molecule has 0 spiro atoms. The number of aromatic nitrogens is 2. The van der Waals surface area contributed by atoms with Crippen molar-refractivity contribution in [3.8, 4) is 10.6 Å². The van der Waals surface area contributed by atoms with Crippen molar-refractivity contribution in [2.24, 2.45) is 0 Å². The van der Waals surface area contributed by atoms with Gasteiger partial charge in [0.05, 0.1) is 4.92 Å². The number of nitrogens with one attached hydrogen (secondary N) is 1. The largest absolute Gasteiger partial charge is 0.330 e. The Morgan fingerprint density at radius 3 is 2.73 bits per heavy atom. The van der Waals surface area contributed by atoms with E-state index in [1.807, 2.05) is 31.2 Å². The van der Waals surface area contributed by atoms with Gasteiger partial charge in [-0.1, -0.05) is 41.2 Å². The molecule has 6 nitrogen and oxygen atoms in total. The molecule has 0 saturated carbocycles. The number of non-ortho nitro benzene ring substituents is 1. The highest BCUT2D eigenvalue weighted by Crippen LogP contribution is 2.29. The smallest absolute Gasteiger partial charge is 0.271 e. The van der Waals surface area contributed by atoms with Crippen molar-refractivity contribution in [2.75, 3.05) is 5.32 Å². The Kier molecular flexibility index (Phi) is 3.80. The van der Waals surface area contributed by atoms with Gasteiger partial charge in [0.2, 0.25) is 5.13 Å². The van der Waals surface area contributed by atoms with E-state index in [-0.39, 0.29) is 5.69 Å². The molecule has 1 aromatic heterocycles. The normalized spacial score (nSPS) is 10.4. The first-order chi connectivity index (χ1) is 10.6. The Labute approximate surface area is 130 Å². The quantitative estimate of drug-likeness (QED) is 0.577. The first kappa shape index (κ1) is 14.2. The molecule has 0 fully saturated rings. The van der Waals surface area contributed by atoms with E-state index in [0.717, 1.165) is 16.1 Å². The molecule has 0 radical (unpaired) electrons. The van der Waals surface area contributed by atoms with Crippen molar-refractivity contribution in [3.63, 3.8) is 0 Å². The van der Waals surface area contributed by atoms with Crippen LogP contribution in [0.4, 0.5) is 16.5 Å². The number of anilines is 2. The van der Waals surface area contributed by atoms with Crippen molar-refractivity contribution < 1.29 is 4.92 Å². The van der Waals surface area contributed by atoms with Crippen molar-refractivity contribution in [3.05, 3.63) is 64.2 Å². The molecule has 3 aromatic rings. The molecule has 0 bridgehead atoms. The summed E-state index contributed by atoms with van der Waals surface area (Å²) in [6, 6.07) is 14.3. The Morgan fingerprint density at radius 2 is 1.95 bits per heavy atom. The fourth-order valence-corrected chi connectivity index (χ4v) is 2.75. The van der Waals surface area contributed by atoms with Crippen molar-refractivity contribution >= 4 is 27.8 Å². The van der Waals surface area contributed by atoms with Gasteiger partial charge in [0.1, 0.15) is 5.01 Å². The van der Waals surface area contributed by atoms with Crippen LogP contribution in [0.2, 0.25) is 0 Å². The third-order valence-electron chi connectivity index (χ3n) is 3.00. The molecule has 0 aliphatic heterocycles. The molecular formula is C15H12N4O2S. The van der Waals surface area contributed by atoms with Gasteiger partial charge in [0.25, 0.3) is 5.69 Å². The van der Waals surface area contributed by atoms with Crippen LogP contribution in [0.3, 0.4) is 0 Å². The van der Waals surface area contributed by atoms with Crippen LogP contribution in [0, 0.1) is 17.0 Å². The zero-order valence-corrected chi connectivity index (χ0v) is 12.5. The molecule has 2 aromatic carbocycles. The van der Waals surface area contributed by atoms with E-state index in [4.69, 9.17) is 0 Å². The molecule has 0 aliphatic carbocycles. The highest BCUT2D eigenvalue weighted by atomic mass is 32.1. The summed E-state index contributed by atoms with van der Waals surface area (Å²) in [5.74, 6) is 0. The minimum absolute atomic E-state index is 0.0356. The van der Waals surface area contributed by atoms with Crippen LogP contribution >= 0.6 is 11.3 Å². The van der Waals surface area contributed by atoms with E-state index in [1.165, 1.54) is 23.5 Å². The zero-order chi connectivity index (χ0) is 15.5. The molecule has 0 unspecified atom stereocenters. The number of nitrogens with zero attached hydrogens (tertiary/aromatic N) is 3. The van der Waals surface area contributed by atoms with E-state index in [9.17, 15) is 10.1 Å². The van der Waals surface area contributed by atoms with Crippen LogP contribution in [0.25, 0.3) is 10.6 Å². The average molecular weight is 312 g/mol. The molecule has 3 rings (SSSR count). The molecule has 0 atom stereocenters. The van der Waals surface area contributed by atoms with E-state index in [1.54, 1.807) is 12.1 Å².